The average Bonchev–Trinajstić information content (AvgIpc) is 1.87. The van der Waals surface area contributed by atoms with E-state index >= 15 is 0 Å². The van der Waals surface area contributed by atoms with Crippen LogP contribution in [0.5, 0.6) is 0 Å². The van der Waals surface area contributed by atoms with Gasteiger partial charge in [0.05, 0.1) is 19.3 Å². The molecular weight excluding hydrogens is 137 g/mol. The predicted octanol–water partition coefficient (Wildman–Crippen LogP) is -1.01. The number of alkyl halides is 1. The van der Waals surface area contributed by atoms with Gasteiger partial charge in [-0.05, 0) is 0 Å². The summed E-state index contributed by atoms with van der Waals surface area (Å²) in [5.41, 5.74) is 0. The second-order valence-electron chi connectivity index (χ2n) is 2.57. The molecule has 2 N–H and O–H groups in total. The summed E-state index contributed by atoms with van der Waals surface area (Å²) < 4.78 is 12.2. The van der Waals surface area contributed by atoms with Crippen molar-refractivity contribution in [2.75, 3.05) is 26.3 Å². The van der Waals surface area contributed by atoms with Crippen molar-refractivity contribution in [2.24, 2.45) is 0 Å². The average molecular weight is 149 g/mol. The second kappa shape index (κ2) is 3.27. The number of rotatable bonds is 3. The number of halogens is 1. The summed E-state index contributed by atoms with van der Waals surface area (Å²) in [7, 11) is 0. The summed E-state index contributed by atoms with van der Waals surface area (Å²) in [6.07, 6.45) is -0.763. The summed E-state index contributed by atoms with van der Waals surface area (Å²) in [4.78, 5) is 1.73. The Hall–Kier alpha value is -0.190. The van der Waals surface area contributed by atoms with Gasteiger partial charge in [0.25, 0.3) is 0 Å². The van der Waals surface area contributed by atoms with E-state index in [9.17, 15) is 4.39 Å². The first-order valence-corrected chi connectivity index (χ1v) is 3.37. The third-order valence-electron chi connectivity index (χ3n) is 1.80. The van der Waals surface area contributed by atoms with Crippen molar-refractivity contribution in [2.45, 2.75) is 12.2 Å². The lowest BCUT2D eigenvalue weighted by atomic mass is 10.1. The minimum absolute atomic E-state index is 0.0940. The van der Waals surface area contributed by atoms with Gasteiger partial charge in [0.15, 0.2) is 0 Å². The highest BCUT2D eigenvalue weighted by atomic mass is 19.1. The van der Waals surface area contributed by atoms with E-state index in [1.54, 1.807) is 4.90 Å². The molecule has 1 aliphatic heterocycles. The third-order valence-corrected chi connectivity index (χ3v) is 1.80. The number of nitrogens with zero attached hydrogens (tertiary/aromatic N) is 1. The molecular formula is C6H12FNO2. The van der Waals surface area contributed by atoms with E-state index in [4.69, 9.17) is 10.2 Å². The number of aliphatic hydroxyl groups is 2. The van der Waals surface area contributed by atoms with Gasteiger partial charge in [-0.25, -0.2) is 4.39 Å². The molecule has 60 valence electrons. The van der Waals surface area contributed by atoms with E-state index in [1.165, 1.54) is 0 Å². The van der Waals surface area contributed by atoms with E-state index in [-0.39, 0.29) is 19.3 Å². The van der Waals surface area contributed by atoms with E-state index in [0.29, 0.717) is 13.1 Å². The van der Waals surface area contributed by atoms with Gasteiger partial charge in [-0.3, -0.25) is 4.90 Å². The largest absolute Gasteiger partial charge is 0.395 e. The Bertz CT molecular complexity index is 102. The Kier molecular flexibility index (Phi) is 2.59. The van der Waals surface area contributed by atoms with Crippen molar-refractivity contribution in [1.29, 1.82) is 0 Å². The number of likely N-dealkylation sites (tertiary alicyclic amines) is 1. The maximum atomic E-state index is 12.2. The molecule has 0 radical (unpaired) electrons. The van der Waals surface area contributed by atoms with Crippen LogP contribution in [0, 0.1) is 0 Å². The van der Waals surface area contributed by atoms with Crippen LogP contribution in [0.1, 0.15) is 0 Å². The van der Waals surface area contributed by atoms with Crippen molar-refractivity contribution >= 4 is 0 Å². The number of hydrogen-bond acceptors (Lipinski definition) is 3. The SMILES string of the molecule is OCC(CO)N1CC(F)C1. The first-order valence-electron chi connectivity index (χ1n) is 3.37. The quantitative estimate of drug-likeness (QED) is 0.540. The molecule has 1 fully saturated rings. The predicted molar refractivity (Wildman–Crippen MR) is 34.4 cm³/mol. The standard InChI is InChI=1S/C6H12FNO2/c7-5-1-8(2-5)6(3-9)4-10/h5-6,9-10H,1-4H2. The van der Waals surface area contributed by atoms with Crippen LogP contribution in [-0.2, 0) is 0 Å². The molecule has 3 nitrogen and oxygen atoms in total. The highest BCUT2D eigenvalue weighted by Crippen LogP contribution is 2.14. The molecule has 0 amide bonds. The third kappa shape index (κ3) is 1.45. The zero-order valence-electron chi connectivity index (χ0n) is 5.70. The monoisotopic (exact) mass is 149 g/mol. The summed E-state index contributed by atoms with van der Waals surface area (Å²) >= 11 is 0. The Morgan fingerprint density at radius 1 is 1.40 bits per heavy atom. The van der Waals surface area contributed by atoms with E-state index in [0.717, 1.165) is 0 Å². The lowest BCUT2D eigenvalue weighted by Gasteiger charge is -2.38. The minimum Gasteiger partial charge on any atom is -0.395 e. The fourth-order valence-electron chi connectivity index (χ4n) is 1.04. The summed E-state index contributed by atoms with van der Waals surface area (Å²) in [5.74, 6) is 0. The molecule has 0 aliphatic carbocycles. The van der Waals surface area contributed by atoms with Crippen LogP contribution in [0.2, 0.25) is 0 Å². The molecule has 1 rings (SSSR count). The van der Waals surface area contributed by atoms with Crippen molar-refractivity contribution < 1.29 is 14.6 Å². The van der Waals surface area contributed by atoms with Crippen molar-refractivity contribution in [3.63, 3.8) is 0 Å². The van der Waals surface area contributed by atoms with Gasteiger partial charge in [0.1, 0.15) is 6.17 Å². The van der Waals surface area contributed by atoms with E-state index in [2.05, 4.69) is 0 Å². The molecule has 0 bridgehead atoms. The van der Waals surface area contributed by atoms with Gasteiger partial charge < -0.3 is 10.2 Å². The van der Waals surface area contributed by atoms with E-state index in [1.807, 2.05) is 0 Å². The molecule has 0 aromatic rings. The highest BCUT2D eigenvalue weighted by molar-refractivity contribution is 4.84. The van der Waals surface area contributed by atoms with Crippen LogP contribution in [0.15, 0.2) is 0 Å². The Morgan fingerprint density at radius 3 is 2.20 bits per heavy atom. The van der Waals surface area contributed by atoms with Gasteiger partial charge in [-0.15, -0.1) is 0 Å². The van der Waals surface area contributed by atoms with Crippen LogP contribution in [-0.4, -0.2) is 53.6 Å². The van der Waals surface area contributed by atoms with Crippen molar-refractivity contribution in [3.05, 3.63) is 0 Å². The molecule has 0 saturated carbocycles. The molecule has 1 saturated heterocycles. The molecule has 0 unspecified atom stereocenters. The van der Waals surface area contributed by atoms with Gasteiger partial charge in [-0.2, -0.15) is 0 Å². The Morgan fingerprint density at radius 2 is 1.90 bits per heavy atom. The fourth-order valence-corrected chi connectivity index (χ4v) is 1.04. The molecule has 0 aromatic carbocycles. The van der Waals surface area contributed by atoms with Gasteiger partial charge in [-0.1, -0.05) is 0 Å². The smallest absolute Gasteiger partial charge is 0.125 e. The fraction of sp³-hybridized carbons (Fsp3) is 1.00. The molecule has 0 atom stereocenters. The lowest BCUT2D eigenvalue weighted by molar-refractivity contribution is -0.0154. The molecule has 10 heavy (non-hydrogen) atoms. The number of hydrogen-bond donors (Lipinski definition) is 2. The van der Waals surface area contributed by atoms with Crippen molar-refractivity contribution in [3.8, 4) is 0 Å². The van der Waals surface area contributed by atoms with Crippen molar-refractivity contribution in [1.82, 2.24) is 4.90 Å². The summed E-state index contributed by atoms with van der Waals surface area (Å²) in [5, 5.41) is 17.2. The first-order chi connectivity index (χ1) is 4.77. The molecule has 1 heterocycles. The summed E-state index contributed by atoms with van der Waals surface area (Å²) in [6.45, 7) is 0.518. The molecule has 4 heteroatoms. The summed E-state index contributed by atoms with van der Waals surface area (Å²) in [6, 6.07) is -0.257. The van der Waals surface area contributed by atoms with Crippen LogP contribution in [0.3, 0.4) is 0 Å². The molecule has 1 aliphatic rings. The first kappa shape index (κ1) is 7.91. The minimum atomic E-state index is -0.763. The number of aliphatic hydroxyl groups excluding tert-OH is 2. The van der Waals surface area contributed by atoms with Crippen LogP contribution in [0.25, 0.3) is 0 Å². The zero-order valence-corrected chi connectivity index (χ0v) is 5.70. The normalized spacial score (nSPS) is 21.6. The zero-order chi connectivity index (χ0) is 7.56. The Balaban J connectivity index is 2.21. The van der Waals surface area contributed by atoms with Gasteiger partial charge in [0, 0.05) is 13.1 Å². The topological polar surface area (TPSA) is 43.7 Å². The maximum Gasteiger partial charge on any atom is 0.125 e. The maximum absolute atomic E-state index is 12.2. The molecule has 0 spiro atoms. The van der Waals surface area contributed by atoms with Gasteiger partial charge >= 0.3 is 0 Å². The van der Waals surface area contributed by atoms with Gasteiger partial charge in [0.2, 0.25) is 0 Å². The second-order valence-corrected chi connectivity index (χ2v) is 2.57. The van der Waals surface area contributed by atoms with Crippen LogP contribution in [0.4, 0.5) is 4.39 Å². The van der Waals surface area contributed by atoms with Crippen LogP contribution < -0.4 is 0 Å². The lowest BCUT2D eigenvalue weighted by Crippen LogP contribution is -2.55. The van der Waals surface area contributed by atoms with E-state index < -0.39 is 6.17 Å². The molecule has 0 aromatic heterocycles. The highest BCUT2D eigenvalue weighted by Gasteiger charge is 2.31. The Labute approximate surface area is 59.1 Å². The van der Waals surface area contributed by atoms with Crippen LogP contribution >= 0.6 is 0 Å².